The number of unbranched alkanes of at least 4 members (excludes halogenated alkanes) is 2. The van der Waals surface area contributed by atoms with Crippen LogP contribution in [0.25, 0.3) is 0 Å². The van der Waals surface area contributed by atoms with Crippen molar-refractivity contribution in [3.63, 3.8) is 0 Å². The molecule has 0 fully saturated rings. The summed E-state index contributed by atoms with van der Waals surface area (Å²) < 4.78 is 0. The molecule has 0 aliphatic rings. The van der Waals surface area contributed by atoms with E-state index in [2.05, 4.69) is 6.92 Å². The lowest BCUT2D eigenvalue weighted by molar-refractivity contribution is -0.131. The number of likely N-dealkylation sites (N-methyl/N-ethyl adjacent to an activating group) is 1. The smallest absolute Gasteiger partial charge is 0.243 e. The van der Waals surface area contributed by atoms with Crippen molar-refractivity contribution in [3.05, 3.63) is 35.4 Å². The maximum Gasteiger partial charge on any atom is 0.243 e. The first kappa shape index (κ1) is 14.7. The topological polar surface area (TPSA) is 46.3 Å². The lowest BCUT2D eigenvalue weighted by Gasteiger charge is -2.21. The highest BCUT2D eigenvalue weighted by atomic mass is 16.2. The fourth-order valence-electron chi connectivity index (χ4n) is 1.86. The Labute approximate surface area is 110 Å². The summed E-state index contributed by atoms with van der Waals surface area (Å²) in [4.78, 5) is 13.9. The number of rotatable bonds is 6. The van der Waals surface area contributed by atoms with Crippen LogP contribution in [0.4, 0.5) is 0 Å². The zero-order valence-electron chi connectivity index (χ0n) is 11.6. The van der Waals surface area contributed by atoms with Gasteiger partial charge in [0, 0.05) is 13.6 Å². The van der Waals surface area contributed by atoms with Gasteiger partial charge in [0.05, 0.1) is 0 Å². The van der Waals surface area contributed by atoms with E-state index in [0.29, 0.717) is 0 Å². The van der Waals surface area contributed by atoms with Crippen molar-refractivity contribution in [2.45, 2.75) is 39.2 Å². The highest BCUT2D eigenvalue weighted by Gasteiger charge is 2.19. The third kappa shape index (κ3) is 4.15. The Hall–Kier alpha value is -1.35. The fraction of sp³-hybridized carbons (Fsp3) is 0.533. The highest BCUT2D eigenvalue weighted by Crippen LogP contribution is 2.14. The standard InChI is InChI=1S/C15H24N2O/c1-4-5-6-11-17(3)15(18)14(16)13-9-7-12(2)8-10-13/h7-10,14H,4-6,11,16H2,1-3H3. The van der Waals surface area contributed by atoms with Crippen LogP contribution in [0.5, 0.6) is 0 Å². The molecule has 0 bridgehead atoms. The Morgan fingerprint density at radius 1 is 1.28 bits per heavy atom. The second-order valence-electron chi connectivity index (χ2n) is 4.86. The van der Waals surface area contributed by atoms with Crippen molar-refractivity contribution < 1.29 is 4.79 Å². The third-order valence-electron chi connectivity index (χ3n) is 3.18. The SMILES string of the molecule is CCCCCN(C)C(=O)C(N)c1ccc(C)cc1. The second kappa shape index (κ2) is 7.17. The van der Waals surface area contributed by atoms with Crippen molar-refractivity contribution in [2.24, 2.45) is 5.73 Å². The summed E-state index contributed by atoms with van der Waals surface area (Å²) in [5, 5.41) is 0. The molecule has 100 valence electrons. The summed E-state index contributed by atoms with van der Waals surface area (Å²) in [5.41, 5.74) is 8.06. The largest absolute Gasteiger partial charge is 0.344 e. The number of aryl methyl sites for hydroxylation is 1. The molecule has 1 aromatic carbocycles. The molecule has 0 aromatic heterocycles. The number of hydrogen-bond acceptors (Lipinski definition) is 2. The van der Waals surface area contributed by atoms with Gasteiger partial charge in [-0.05, 0) is 18.9 Å². The van der Waals surface area contributed by atoms with Crippen LogP contribution in [0.2, 0.25) is 0 Å². The van der Waals surface area contributed by atoms with E-state index in [9.17, 15) is 4.79 Å². The van der Waals surface area contributed by atoms with Crippen LogP contribution in [0.15, 0.2) is 24.3 Å². The van der Waals surface area contributed by atoms with Crippen molar-refractivity contribution in [3.8, 4) is 0 Å². The minimum absolute atomic E-state index is 0.00467. The monoisotopic (exact) mass is 248 g/mol. The average Bonchev–Trinajstić information content (AvgIpc) is 2.38. The summed E-state index contributed by atoms with van der Waals surface area (Å²) in [6.45, 7) is 4.96. The first-order valence-corrected chi connectivity index (χ1v) is 6.63. The molecular formula is C15H24N2O. The van der Waals surface area contributed by atoms with Gasteiger partial charge in [-0.3, -0.25) is 4.79 Å². The number of nitrogens with zero attached hydrogens (tertiary/aromatic N) is 1. The molecule has 1 atom stereocenters. The minimum Gasteiger partial charge on any atom is -0.344 e. The lowest BCUT2D eigenvalue weighted by atomic mass is 10.0. The van der Waals surface area contributed by atoms with Crippen LogP contribution < -0.4 is 5.73 Å². The summed E-state index contributed by atoms with van der Waals surface area (Å²) in [6.07, 6.45) is 3.35. The summed E-state index contributed by atoms with van der Waals surface area (Å²) >= 11 is 0. The average molecular weight is 248 g/mol. The molecular weight excluding hydrogens is 224 g/mol. The van der Waals surface area contributed by atoms with Crippen molar-refractivity contribution in [1.82, 2.24) is 4.90 Å². The number of benzene rings is 1. The maximum absolute atomic E-state index is 12.1. The van der Waals surface area contributed by atoms with Gasteiger partial charge < -0.3 is 10.6 Å². The number of amides is 1. The van der Waals surface area contributed by atoms with E-state index < -0.39 is 6.04 Å². The van der Waals surface area contributed by atoms with Gasteiger partial charge in [-0.25, -0.2) is 0 Å². The van der Waals surface area contributed by atoms with Gasteiger partial charge in [0.2, 0.25) is 5.91 Å². The Morgan fingerprint density at radius 2 is 1.89 bits per heavy atom. The fourth-order valence-corrected chi connectivity index (χ4v) is 1.86. The van der Waals surface area contributed by atoms with E-state index in [-0.39, 0.29) is 5.91 Å². The van der Waals surface area contributed by atoms with Gasteiger partial charge in [-0.1, -0.05) is 49.6 Å². The van der Waals surface area contributed by atoms with Crippen LogP contribution in [0, 0.1) is 6.92 Å². The van der Waals surface area contributed by atoms with Crippen molar-refractivity contribution >= 4 is 5.91 Å². The quantitative estimate of drug-likeness (QED) is 0.787. The Balaban J connectivity index is 2.57. The van der Waals surface area contributed by atoms with Gasteiger partial charge in [0.1, 0.15) is 6.04 Å². The van der Waals surface area contributed by atoms with Crippen LogP contribution in [0.1, 0.15) is 43.4 Å². The van der Waals surface area contributed by atoms with Crippen LogP contribution in [-0.2, 0) is 4.79 Å². The molecule has 1 rings (SSSR count). The van der Waals surface area contributed by atoms with Crippen LogP contribution in [0.3, 0.4) is 0 Å². The molecule has 0 spiro atoms. The van der Waals surface area contributed by atoms with Gasteiger partial charge >= 0.3 is 0 Å². The second-order valence-corrected chi connectivity index (χ2v) is 4.86. The maximum atomic E-state index is 12.1. The van der Waals surface area contributed by atoms with E-state index in [4.69, 9.17) is 5.73 Å². The first-order valence-electron chi connectivity index (χ1n) is 6.63. The highest BCUT2D eigenvalue weighted by molar-refractivity contribution is 5.82. The number of hydrogen-bond donors (Lipinski definition) is 1. The van der Waals surface area contributed by atoms with Crippen LogP contribution in [-0.4, -0.2) is 24.4 Å². The van der Waals surface area contributed by atoms with E-state index in [0.717, 1.165) is 31.4 Å². The molecule has 1 amide bonds. The van der Waals surface area contributed by atoms with E-state index in [1.807, 2.05) is 38.2 Å². The van der Waals surface area contributed by atoms with Crippen molar-refractivity contribution in [1.29, 1.82) is 0 Å². The van der Waals surface area contributed by atoms with E-state index in [1.165, 1.54) is 5.56 Å². The molecule has 0 saturated carbocycles. The predicted molar refractivity (Wildman–Crippen MR) is 75.3 cm³/mol. The summed E-state index contributed by atoms with van der Waals surface area (Å²) in [7, 11) is 1.83. The molecule has 0 radical (unpaired) electrons. The molecule has 3 heteroatoms. The van der Waals surface area contributed by atoms with Gasteiger partial charge in [0.15, 0.2) is 0 Å². The molecule has 3 nitrogen and oxygen atoms in total. The summed E-state index contributed by atoms with van der Waals surface area (Å²) in [6, 6.07) is 7.28. The zero-order chi connectivity index (χ0) is 13.5. The molecule has 1 unspecified atom stereocenters. The molecule has 0 aliphatic heterocycles. The van der Waals surface area contributed by atoms with Crippen molar-refractivity contribution in [2.75, 3.05) is 13.6 Å². The Bertz CT molecular complexity index is 373. The van der Waals surface area contributed by atoms with E-state index in [1.54, 1.807) is 4.90 Å². The van der Waals surface area contributed by atoms with Gasteiger partial charge in [0.25, 0.3) is 0 Å². The molecule has 2 N–H and O–H groups in total. The van der Waals surface area contributed by atoms with Crippen LogP contribution >= 0.6 is 0 Å². The van der Waals surface area contributed by atoms with E-state index >= 15 is 0 Å². The number of nitrogens with two attached hydrogens (primary N) is 1. The Morgan fingerprint density at radius 3 is 2.44 bits per heavy atom. The number of carbonyl (C=O) groups is 1. The third-order valence-corrected chi connectivity index (χ3v) is 3.18. The molecule has 1 aromatic rings. The Kier molecular flexibility index (Phi) is 5.86. The molecule has 18 heavy (non-hydrogen) atoms. The molecule has 0 aliphatic carbocycles. The summed E-state index contributed by atoms with van der Waals surface area (Å²) in [5.74, 6) is -0.00467. The normalized spacial score (nSPS) is 12.2. The first-order chi connectivity index (χ1) is 8.56. The molecule has 0 heterocycles. The number of carbonyl (C=O) groups excluding carboxylic acids is 1. The lowest BCUT2D eigenvalue weighted by Crippen LogP contribution is -2.36. The minimum atomic E-state index is -0.544. The zero-order valence-corrected chi connectivity index (χ0v) is 11.6. The van der Waals surface area contributed by atoms with Gasteiger partial charge in [-0.2, -0.15) is 0 Å². The molecule has 0 saturated heterocycles. The van der Waals surface area contributed by atoms with Gasteiger partial charge in [-0.15, -0.1) is 0 Å². The predicted octanol–water partition coefficient (Wildman–Crippen LogP) is 2.64.